The zero-order chi connectivity index (χ0) is 19.1. The van der Waals surface area contributed by atoms with Crippen molar-refractivity contribution in [1.82, 2.24) is 10.9 Å². The normalized spacial score (nSPS) is 31.9. The summed E-state index contributed by atoms with van der Waals surface area (Å²) in [7, 11) is 0. The lowest BCUT2D eigenvalue weighted by Gasteiger charge is -2.31. The molecule has 142 valence electrons. The summed E-state index contributed by atoms with van der Waals surface area (Å²) in [6, 6.07) is 6.54. The maximum absolute atomic E-state index is 12.3. The molecule has 2 amide bonds. The van der Waals surface area contributed by atoms with Crippen molar-refractivity contribution in [3.05, 3.63) is 59.7 Å². The quantitative estimate of drug-likeness (QED) is 0.627. The highest BCUT2D eigenvalue weighted by atomic mass is 16.2. The Balaban J connectivity index is 1.16. The number of nitrogens with zero attached hydrogens (tertiary/aromatic N) is 2. The van der Waals surface area contributed by atoms with E-state index in [1.807, 2.05) is 0 Å². The third-order valence-corrected chi connectivity index (χ3v) is 6.30. The summed E-state index contributed by atoms with van der Waals surface area (Å²) in [5.41, 5.74) is 8.28. The molecule has 0 heterocycles. The number of fused-ring (bicyclic) bond motifs is 2. The Morgan fingerprint density at radius 1 is 0.750 bits per heavy atom. The molecule has 0 aliphatic heterocycles. The summed E-state index contributed by atoms with van der Waals surface area (Å²) >= 11 is 0. The molecule has 1 aromatic carbocycles. The SMILES string of the molecule is O=C(NN=C1CC2CC=CC12)c1ccc(C(=O)NN=C2CC3CC=CC23)cc1. The number of hydrazone groups is 2. The van der Waals surface area contributed by atoms with Crippen molar-refractivity contribution < 1.29 is 9.59 Å². The number of amides is 2. The maximum Gasteiger partial charge on any atom is 0.271 e. The van der Waals surface area contributed by atoms with Gasteiger partial charge >= 0.3 is 0 Å². The highest BCUT2D eigenvalue weighted by Crippen LogP contribution is 2.40. The highest BCUT2D eigenvalue weighted by Gasteiger charge is 2.38. The van der Waals surface area contributed by atoms with Crippen LogP contribution in [0.2, 0.25) is 0 Å². The zero-order valence-corrected chi connectivity index (χ0v) is 15.5. The van der Waals surface area contributed by atoms with Crippen molar-refractivity contribution in [2.24, 2.45) is 33.9 Å². The Morgan fingerprint density at radius 3 is 1.57 bits per heavy atom. The zero-order valence-electron chi connectivity index (χ0n) is 15.5. The Labute approximate surface area is 163 Å². The van der Waals surface area contributed by atoms with Gasteiger partial charge in [0.25, 0.3) is 11.8 Å². The van der Waals surface area contributed by atoms with Crippen molar-refractivity contribution in [2.45, 2.75) is 25.7 Å². The molecule has 1 aromatic rings. The van der Waals surface area contributed by atoms with Crippen LogP contribution in [-0.4, -0.2) is 23.2 Å². The van der Waals surface area contributed by atoms with E-state index in [1.54, 1.807) is 24.3 Å². The van der Waals surface area contributed by atoms with Crippen molar-refractivity contribution in [1.29, 1.82) is 0 Å². The average Bonchev–Trinajstić information content (AvgIpc) is 3.25. The van der Waals surface area contributed by atoms with Crippen LogP contribution in [-0.2, 0) is 0 Å². The van der Waals surface area contributed by atoms with Gasteiger partial charge < -0.3 is 0 Å². The molecule has 0 bridgehead atoms. The van der Waals surface area contributed by atoms with E-state index in [0.717, 1.165) is 37.1 Å². The van der Waals surface area contributed by atoms with Gasteiger partial charge in [0.1, 0.15) is 0 Å². The van der Waals surface area contributed by atoms with E-state index in [1.165, 1.54) is 0 Å². The minimum atomic E-state index is -0.265. The molecule has 2 saturated carbocycles. The van der Waals surface area contributed by atoms with Gasteiger partial charge in [0, 0.05) is 34.4 Å². The van der Waals surface area contributed by atoms with Crippen molar-refractivity contribution in [2.75, 3.05) is 0 Å². The average molecular weight is 374 g/mol. The standard InChI is InChI=1S/C22H22N4O2/c27-21(25-23-19-11-15-3-1-5-17(15)19)13-7-9-14(10-8-13)22(28)26-24-20-12-16-4-2-6-18(16)20/h1-2,5-10,15-18H,3-4,11-12H2,(H,25,27)(H,26,28). The molecule has 4 atom stereocenters. The van der Waals surface area contributed by atoms with Gasteiger partial charge in [-0.05, 0) is 61.8 Å². The van der Waals surface area contributed by atoms with Gasteiger partial charge in [0.05, 0.1) is 0 Å². The first-order valence-corrected chi connectivity index (χ1v) is 9.86. The molecule has 6 nitrogen and oxygen atoms in total. The molecule has 6 heteroatoms. The first-order valence-electron chi connectivity index (χ1n) is 9.86. The summed E-state index contributed by atoms with van der Waals surface area (Å²) in [4.78, 5) is 24.5. The van der Waals surface area contributed by atoms with Gasteiger partial charge in [-0.3, -0.25) is 9.59 Å². The molecular formula is C22H22N4O2. The molecule has 2 fully saturated rings. The molecule has 28 heavy (non-hydrogen) atoms. The lowest BCUT2D eigenvalue weighted by molar-refractivity contribution is 0.0942. The van der Waals surface area contributed by atoms with Crippen LogP contribution in [0.4, 0.5) is 0 Å². The van der Waals surface area contributed by atoms with Crippen LogP contribution in [0.1, 0.15) is 46.4 Å². The van der Waals surface area contributed by atoms with Crippen LogP contribution < -0.4 is 10.9 Å². The third-order valence-electron chi connectivity index (χ3n) is 6.30. The summed E-state index contributed by atoms with van der Waals surface area (Å²) in [5.74, 6) is 1.62. The minimum Gasteiger partial charge on any atom is -0.267 e. The van der Waals surface area contributed by atoms with Crippen LogP contribution in [0.5, 0.6) is 0 Å². The summed E-state index contributed by atoms with van der Waals surface area (Å²) in [6.45, 7) is 0. The maximum atomic E-state index is 12.3. The fraction of sp³-hybridized carbons (Fsp3) is 0.364. The lowest BCUT2D eigenvalue weighted by Crippen LogP contribution is -2.35. The Morgan fingerprint density at radius 2 is 1.18 bits per heavy atom. The van der Waals surface area contributed by atoms with E-state index in [-0.39, 0.29) is 11.8 Å². The van der Waals surface area contributed by atoms with Gasteiger partial charge in [-0.25, -0.2) is 10.9 Å². The van der Waals surface area contributed by atoms with Crippen LogP contribution in [0.3, 0.4) is 0 Å². The van der Waals surface area contributed by atoms with E-state index in [0.29, 0.717) is 34.8 Å². The van der Waals surface area contributed by atoms with E-state index in [2.05, 4.69) is 45.4 Å². The van der Waals surface area contributed by atoms with E-state index < -0.39 is 0 Å². The molecule has 4 aliphatic rings. The number of carbonyl (C=O) groups excluding carboxylic acids is 2. The topological polar surface area (TPSA) is 82.9 Å². The molecule has 0 spiro atoms. The van der Waals surface area contributed by atoms with Gasteiger partial charge in [-0.15, -0.1) is 0 Å². The molecule has 4 aliphatic carbocycles. The fourth-order valence-corrected chi connectivity index (χ4v) is 4.47. The van der Waals surface area contributed by atoms with Crippen molar-refractivity contribution in [3.63, 3.8) is 0 Å². The largest absolute Gasteiger partial charge is 0.271 e. The van der Waals surface area contributed by atoms with Gasteiger partial charge in [0.2, 0.25) is 0 Å². The first kappa shape index (κ1) is 17.1. The Hall–Kier alpha value is -3.02. The van der Waals surface area contributed by atoms with Crippen molar-refractivity contribution >= 4 is 23.2 Å². The van der Waals surface area contributed by atoms with E-state index in [9.17, 15) is 9.59 Å². The van der Waals surface area contributed by atoms with E-state index in [4.69, 9.17) is 0 Å². The predicted octanol–water partition coefficient (Wildman–Crippen LogP) is 3.05. The molecule has 4 unspecified atom stereocenters. The Bertz CT molecular complexity index is 865. The number of hydrogen-bond acceptors (Lipinski definition) is 4. The number of allylic oxidation sites excluding steroid dienone is 4. The smallest absolute Gasteiger partial charge is 0.267 e. The van der Waals surface area contributed by atoms with Crippen molar-refractivity contribution in [3.8, 4) is 0 Å². The number of benzene rings is 1. The van der Waals surface area contributed by atoms with Gasteiger partial charge in [-0.1, -0.05) is 24.3 Å². The minimum absolute atomic E-state index is 0.265. The number of rotatable bonds is 4. The Kier molecular flexibility index (Phi) is 4.19. The summed E-state index contributed by atoms with van der Waals surface area (Å²) in [5, 5.41) is 8.52. The molecule has 0 radical (unpaired) electrons. The van der Waals surface area contributed by atoms with Gasteiger partial charge in [-0.2, -0.15) is 10.2 Å². The molecular weight excluding hydrogens is 352 g/mol. The molecule has 2 N–H and O–H groups in total. The van der Waals surface area contributed by atoms with Crippen LogP contribution >= 0.6 is 0 Å². The van der Waals surface area contributed by atoms with Crippen LogP contribution in [0.15, 0.2) is 58.8 Å². The molecule has 0 saturated heterocycles. The number of carbonyl (C=O) groups is 2. The summed E-state index contributed by atoms with van der Waals surface area (Å²) < 4.78 is 0. The fourth-order valence-electron chi connectivity index (χ4n) is 4.47. The molecule has 0 aromatic heterocycles. The molecule has 5 rings (SSSR count). The number of nitrogens with one attached hydrogen (secondary N) is 2. The van der Waals surface area contributed by atoms with E-state index >= 15 is 0 Å². The second kappa shape index (κ2) is 6.86. The third kappa shape index (κ3) is 2.99. The lowest BCUT2D eigenvalue weighted by atomic mass is 9.74. The predicted molar refractivity (Wildman–Crippen MR) is 107 cm³/mol. The highest BCUT2D eigenvalue weighted by molar-refractivity contribution is 6.00. The van der Waals surface area contributed by atoms with Crippen LogP contribution in [0.25, 0.3) is 0 Å². The summed E-state index contributed by atoms with van der Waals surface area (Å²) in [6.07, 6.45) is 12.8. The van der Waals surface area contributed by atoms with Gasteiger partial charge in [0.15, 0.2) is 0 Å². The van der Waals surface area contributed by atoms with Crippen LogP contribution in [0, 0.1) is 23.7 Å². The first-order chi connectivity index (χ1) is 13.7. The monoisotopic (exact) mass is 374 g/mol. The second-order valence-corrected chi connectivity index (χ2v) is 7.97. The number of hydrogen-bond donors (Lipinski definition) is 2. The second-order valence-electron chi connectivity index (χ2n) is 7.97.